The summed E-state index contributed by atoms with van der Waals surface area (Å²) in [5, 5.41) is 2.73. The van der Waals surface area contributed by atoms with Crippen molar-refractivity contribution in [2.75, 3.05) is 31.4 Å². The summed E-state index contributed by atoms with van der Waals surface area (Å²) >= 11 is 6.17. The maximum atomic E-state index is 13.0. The van der Waals surface area contributed by atoms with E-state index in [1.165, 1.54) is 39.5 Å². The first-order valence-corrected chi connectivity index (χ1v) is 11.6. The first-order valence-electron chi connectivity index (χ1n) is 9.69. The van der Waals surface area contributed by atoms with Gasteiger partial charge >= 0.3 is 0 Å². The Morgan fingerprint density at radius 2 is 1.48 bits per heavy atom. The average Bonchev–Trinajstić information content (AvgIpc) is 2.80. The highest BCUT2D eigenvalue weighted by Gasteiger charge is 2.22. The second-order valence-corrected chi connectivity index (χ2v) is 8.99. The fourth-order valence-corrected chi connectivity index (χ4v) is 4.69. The second-order valence-electron chi connectivity index (χ2n) is 6.93. The number of amides is 1. The van der Waals surface area contributed by atoms with Crippen molar-refractivity contribution in [1.82, 2.24) is 0 Å². The number of sulfonamides is 1. The van der Waals surface area contributed by atoms with E-state index in [-0.39, 0.29) is 21.2 Å². The van der Waals surface area contributed by atoms with E-state index in [9.17, 15) is 13.2 Å². The molecule has 3 rings (SSSR count). The van der Waals surface area contributed by atoms with E-state index in [4.69, 9.17) is 25.8 Å². The summed E-state index contributed by atoms with van der Waals surface area (Å²) in [7, 11) is 0.328. The molecule has 3 aromatic rings. The number of ether oxygens (including phenoxy) is 3. The minimum absolute atomic E-state index is 0.0313. The van der Waals surface area contributed by atoms with E-state index >= 15 is 0 Å². The summed E-state index contributed by atoms with van der Waals surface area (Å²) in [4.78, 5) is 12.7. The Kier molecular flexibility index (Phi) is 7.35. The van der Waals surface area contributed by atoms with Crippen LogP contribution >= 0.6 is 11.6 Å². The molecule has 0 unspecified atom stereocenters. The van der Waals surface area contributed by atoms with E-state index < -0.39 is 15.9 Å². The van der Waals surface area contributed by atoms with Gasteiger partial charge < -0.3 is 19.5 Å². The molecule has 174 valence electrons. The minimum Gasteiger partial charge on any atom is -0.495 e. The molecule has 3 aromatic carbocycles. The van der Waals surface area contributed by atoms with Crippen LogP contribution in [0.3, 0.4) is 0 Å². The Hall–Kier alpha value is -3.43. The zero-order valence-corrected chi connectivity index (χ0v) is 20.0. The van der Waals surface area contributed by atoms with Gasteiger partial charge in [-0.3, -0.25) is 9.52 Å². The number of benzene rings is 3. The molecule has 0 heterocycles. The lowest BCUT2D eigenvalue weighted by molar-refractivity contribution is 0.102. The molecule has 0 saturated heterocycles. The third-order valence-corrected chi connectivity index (χ3v) is 6.66. The van der Waals surface area contributed by atoms with E-state index in [1.807, 2.05) is 0 Å². The number of hydrogen-bond acceptors (Lipinski definition) is 6. The number of hydrogen-bond donors (Lipinski definition) is 2. The van der Waals surface area contributed by atoms with Crippen molar-refractivity contribution < 1.29 is 27.4 Å². The summed E-state index contributed by atoms with van der Waals surface area (Å²) in [6.07, 6.45) is 0. The number of para-hydroxylation sites is 2. The number of carbonyl (C=O) groups excluding carboxylic acids is 1. The highest BCUT2D eigenvalue weighted by Crippen LogP contribution is 2.34. The van der Waals surface area contributed by atoms with Gasteiger partial charge in [-0.15, -0.1) is 0 Å². The second kappa shape index (κ2) is 10.0. The van der Waals surface area contributed by atoms with Crippen molar-refractivity contribution in [2.24, 2.45) is 0 Å². The zero-order valence-electron chi connectivity index (χ0n) is 18.4. The minimum atomic E-state index is -4.11. The van der Waals surface area contributed by atoms with Gasteiger partial charge in [-0.2, -0.15) is 0 Å². The fraction of sp³-hybridized carbons (Fsp3) is 0.174. The molecule has 0 fully saturated rings. The van der Waals surface area contributed by atoms with E-state index in [2.05, 4.69) is 10.0 Å². The monoisotopic (exact) mass is 490 g/mol. The van der Waals surface area contributed by atoms with Crippen LogP contribution in [0.15, 0.2) is 59.5 Å². The van der Waals surface area contributed by atoms with Gasteiger partial charge in [0.05, 0.1) is 32.0 Å². The largest absolute Gasteiger partial charge is 0.495 e. The molecule has 0 aliphatic carbocycles. The number of aryl methyl sites for hydroxylation is 1. The maximum absolute atomic E-state index is 13.0. The van der Waals surface area contributed by atoms with Gasteiger partial charge in [0, 0.05) is 17.3 Å². The van der Waals surface area contributed by atoms with Gasteiger partial charge in [-0.1, -0.05) is 23.7 Å². The fourth-order valence-electron chi connectivity index (χ4n) is 3.09. The summed E-state index contributed by atoms with van der Waals surface area (Å²) in [6.45, 7) is 1.80. The smallest absolute Gasteiger partial charge is 0.263 e. The molecule has 0 saturated carbocycles. The average molecular weight is 491 g/mol. The van der Waals surface area contributed by atoms with Crippen LogP contribution in [0.1, 0.15) is 15.9 Å². The van der Waals surface area contributed by atoms with Crippen molar-refractivity contribution in [3.05, 3.63) is 70.7 Å². The van der Waals surface area contributed by atoms with Gasteiger partial charge in [0.25, 0.3) is 15.9 Å². The SMILES string of the molecule is COc1ccccc1NS(=O)(=O)c1cc(C(=O)Nc2cc(OC)c(OC)cc2C)ccc1Cl. The van der Waals surface area contributed by atoms with Crippen LogP contribution in [-0.2, 0) is 10.0 Å². The van der Waals surface area contributed by atoms with Crippen LogP contribution in [0.4, 0.5) is 11.4 Å². The Morgan fingerprint density at radius 1 is 0.848 bits per heavy atom. The third-order valence-electron chi connectivity index (χ3n) is 4.81. The molecule has 33 heavy (non-hydrogen) atoms. The summed E-state index contributed by atoms with van der Waals surface area (Å²) in [5.41, 5.74) is 1.57. The van der Waals surface area contributed by atoms with Gasteiger partial charge in [0.1, 0.15) is 10.6 Å². The van der Waals surface area contributed by atoms with Crippen molar-refractivity contribution in [3.63, 3.8) is 0 Å². The third kappa shape index (κ3) is 5.32. The van der Waals surface area contributed by atoms with Crippen molar-refractivity contribution in [3.8, 4) is 17.2 Å². The molecule has 0 aliphatic heterocycles. The highest BCUT2D eigenvalue weighted by molar-refractivity contribution is 7.92. The molecule has 0 atom stereocenters. The van der Waals surface area contributed by atoms with Gasteiger partial charge in [0.2, 0.25) is 0 Å². The molecule has 10 heteroatoms. The van der Waals surface area contributed by atoms with Gasteiger partial charge in [-0.05, 0) is 48.9 Å². The predicted octanol–water partition coefficient (Wildman–Crippen LogP) is 4.73. The van der Waals surface area contributed by atoms with E-state index in [1.54, 1.807) is 43.3 Å². The molecular weight excluding hydrogens is 468 g/mol. The predicted molar refractivity (Wildman–Crippen MR) is 127 cm³/mol. The van der Waals surface area contributed by atoms with E-state index in [0.29, 0.717) is 22.9 Å². The van der Waals surface area contributed by atoms with Crippen LogP contribution in [0, 0.1) is 6.92 Å². The van der Waals surface area contributed by atoms with Crippen molar-refractivity contribution >= 4 is 38.9 Å². The molecule has 0 aromatic heterocycles. The summed E-state index contributed by atoms with van der Waals surface area (Å²) in [6, 6.07) is 13.9. The van der Waals surface area contributed by atoms with Crippen molar-refractivity contribution in [1.29, 1.82) is 0 Å². The Balaban J connectivity index is 1.92. The first-order chi connectivity index (χ1) is 15.7. The maximum Gasteiger partial charge on any atom is 0.263 e. The van der Waals surface area contributed by atoms with Crippen molar-refractivity contribution in [2.45, 2.75) is 11.8 Å². The number of carbonyl (C=O) groups is 1. The first kappa shape index (κ1) is 24.2. The molecule has 1 amide bonds. The standard InChI is InChI=1S/C23H23ClN2O6S/c1-14-11-20(31-3)21(32-4)13-18(14)25-23(27)15-9-10-16(24)22(12-15)33(28,29)26-17-7-5-6-8-19(17)30-2/h5-13,26H,1-4H3,(H,25,27). The molecular formula is C23H23ClN2O6S. The lowest BCUT2D eigenvalue weighted by Crippen LogP contribution is -2.17. The Bertz CT molecular complexity index is 1290. The number of rotatable bonds is 8. The van der Waals surface area contributed by atoms with Crippen LogP contribution in [0.2, 0.25) is 5.02 Å². The van der Waals surface area contributed by atoms with Crippen LogP contribution in [0.25, 0.3) is 0 Å². The van der Waals surface area contributed by atoms with Gasteiger partial charge in [-0.25, -0.2) is 8.42 Å². The summed E-state index contributed by atoms with van der Waals surface area (Å²) < 4.78 is 44.2. The number of halogens is 1. The van der Waals surface area contributed by atoms with Crippen LogP contribution in [0.5, 0.6) is 17.2 Å². The lowest BCUT2D eigenvalue weighted by atomic mass is 10.1. The van der Waals surface area contributed by atoms with Crippen LogP contribution < -0.4 is 24.2 Å². The molecule has 0 bridgehead atoms. The van der Waals surface area contributed by atoms with Crippen LogP contribution in [-0.4, -0.2) is 35.7 Å². The van der Waals surface area contributed by atoms with Gasteiger partial charge in [0.15, 0.2) is 11.5 Å². The van der Waals surface area contributed by atoms with E-state index in [0.717, 1.165) is 5.56 Å². The quantitative estimate of drug-likeness (QED) is 0.473. The number of methoxy groups -OCH3 is 3. The normalized spacial score (nSPS) is 10.9. The Morgan fingerprint density at radius 3 is 2.15 bits per heavy atom. The molecule has 8 nitrogen and oxygen atoms in total. The number of anilines is 2. The molecule has 2 N–H and O–H groups in total. The summed E-state index contributed by atoms with van der Waals surface area (Å²) in [5.74, 6) is 0.791. The lowest BCUT2D eigenvalue weighted by Gasteiger charge is -2.15. The molecule has 0 spiro atoms. The topological polar surface area (TPSA) is 103 Å². The zero-order chi connectivity index (χ0) is 24.2. The number of nitrogens with one attached hydrogen (secondary N) is 2. The Labute approximate surface area is 197 Å². The molecule has 0 aliphatic rings. The highest BCUT2D eigenvalue weighted by atomic mass is 35.5. The molecule has 0 radical (unpaired) electrons.